The van der Waals surface area contributed by atoms with Gasteiger partial charge in [0.05, 0.1) is 6.04 Å². The third-order valence-corrected chi connectivity index (χ3v) is 6.65. The topological polar surface area (TPSA) is 50.1 Å². The predicted octanol–water partition coefficient (Wildman–Crippen LogP) is 3.83. The smallest absolute Gasteiger partial charge is 0.173 e. The Bertz CT molecular complexity index is 976. The fourth-order valence-electron chi connectivity index (χ4n) is 5.01. The molecule has 0 spiro atoms. The Hall–Kier alpha value is -2.64. The van der Waals surface area contributed by atoms with Gasteiger partial charge in [-0.1, -0.05) is 61.4 Å². The average Bonchev–Trinajstić information content (AvgIpc) is 3.49. The monoisotopic (exact) mass is 420 g/mol. The molecule has 1 saturated carbocycles. The third kappa shape index (κ3) is 4.38. The highest BCUT2D eigenvalue weighted by Gasteiger charge is 2.34. The predicted molar refractivity (Wildman–Crippen MR) is 117 cm³/mol. The maximum absolute atomic E-state index is 14.9. The molecule has 162 valence electrons. The first-order valence-corrected chi connectivity index (χ1v) is 11.3. The second kappa shape index (κ2) is 9.24. The second-order valence-electron chi connectivity index (χ2n) is 8.64. The molecule has 31 heavy (non-hydrogen) atoms. The van der Waals surface area contributed by atoms with Crippen molar-refractivity contribution >= 4 is 0 Å². The van der Waals surface area contributed by atoms with Crippen LogP contribution >= 0.6 is 0 Å². The Morgan fingerprint density at radius 3 is 2.35 bits per heavy atom. The SMILES string of the molecule is Fc1ccccc1[C@@H](c1nnnn1C1CCCC1)N1CCN(Cc2ccccc2)CC1. The van der Waals surface area contributed by atoms with E-state index in [9.17, 15) is 4.39 Å². The summed E-state index contributed by atoms with van der Waals surface area (Å²) in [6.45, 7) is 4.52. The van der Waals surface area contributed by atoms with Crippen LogP contribution in [0.2, 0.25) is 0 Å². The summed E-state index contributed by atoms with van der Waals surface area (Å²) in [6.07, 6.45) is 4.58. The molecule has 1 aromatic heterocycles. The fraction of sp³-hybridized carbons (Fsp3) is 0.458. The molecular formula is C24H29FN6. The van der Waals surface area contributed by atoms with Gasteiger partial charge in [-0.05, 0) is 34.9 Å². The molecule has 3 aromatic rings. The van der Waals surface area contributed by atoms with Gasteiger partial charge < -0.3 is 0 Å². The highest BCUT2D eigenvalue weighted by molar-refractivity contribution is 5.27. The van der Waals surface area contributed by atoms with Crippen molar-refractivity contribution in [3.63, 3.8) is 0 Å². The van der Waals surface area contributed by atoms with E-state index in [4.69, 9.17) is 0 Å². The van der Waals surface area contributed by atoms with Crippen LogP contribution in [0, 0.1) is 5.82 Å². The largest absolute Gasteiger partial charge is 0.297 e. The van der Waals surface area contributed by atoms with E-state index in [0.29, 0.717) is 11.6 Å². The minimum Gasteiger partial charge on any atom is -0.297 e. The van der Waals surface area contributed by atoms with Crippen molar-refractivity contribution in [2.24, 2.45) is 0 Å². The Balaban J connectivity index is 1.39. The van der Waals surface area contributed by atoms with Crippen LogP contribution in [0.15, 0.2) is 54.6 Å². The first-order valence-electron chi connectivity index (χ1n) is 11.3. The van der Waals surface area contributed by atoms with Crippen LogP contribution in [-0.2, 0) is 6.54 Å². The highest BCUT2D eigenvalue weighted by atomic mass is 19.1. The quantitative estimate of drug-likeness (QED) is 0.607. The Morgan fingerprint density at radius 1 is 0.903 bits per heavy atom. The molecule has 0 unspecified atom stereocenters. The summed E-state index contributed by atoms with van der Waals surface area (Å²) in [6, 6.07) is 17.7. The molecule has 2 fully saturated rings. The number of tetrazole rings is 1. The summed E-state index contributed by atoms with van der Waals surface area (Å²) >= 11 is 0. The molecule has 2 heterocycles. The van der Waals surface area contributed by atoms with Gasteiger partial charge >= 0.3 is 0 Å². The summed E-state index contributed by atoms with van der Waals surface area (Å²) in [5.74, 6) is 0.577. The average molecular weight is 421 g/mol. The van der Waals surface area contributed by atoms with E-state index in [1.165, 1.54) is 24.5 Å². The zero-order valence-electron chi connectivity index (χ0n) is 17.8. The molecule has 2 aromatic carbocycles. The Kier molecular flexibility index (Phi) is 6.04. The van der Waals surface area contributed by atoms with Crippen LogP contribution in [0.5, 0.6) is 0 Å². The van der Waals surface area contributed by atoms with Gasteiger partial charge in [0.2, 0.25) is 0 Å². The number of aromatic nitrogens is 4. The molecular weight excluding hydrogens is 391 g/mol. The van der Waals surface area contributed by atoms with Crippen molar-refractivity contribution in [3.05, 3.63) is 77.4 Å². The van der Waals surface area contributed by atoms with Crippen molar-refractivity contribution < 1.29 is 4.39 Å². The van der Waals surface area contributed by atoms with Crippen molar-refractivity contribution in [1.82, 2.24) is 30.0 Å². The van der Waals surface area contributed by atoms with Crippen LogP contribution in [0.4, 0.5) is 4.39 Å². The standard InChI is InChI=1S/C24H29FN6/c25-22-13-7-6-12-21(22)23(24-26-27-28-31(24)20-10-4-5-11-20)30-16-14-29(15-17-30)18-19-8-2-1-3-9-19/h1-3,6-9,12-13,20,23H,4-5,10-11,14-18H2/t23-/m0/s1. The number of nitrogens with zero attached hydrogens (tertiary/aromatic N) is 6. The lowest BCUT2D eigenvalue weighted by molar-refractivity contribution is 0.0980. The van der Waals surface area contributed by atoms with Gasteiger partial charge in [0.25, 0.3) is 0 Å². The highest BCUT2D eigenvalue weighted by Crippen LogP contribution is 2.35. The number of benzene rings is 2. The number of hydrogen-bond donors (Lipinski definition) is 0. The third-order valence-electron chi connectivity index (χ3n) is 6.65. The minimum atomic E-state index is -0.268. The van der Waals surface area contributed by atoms with Crippen LogP contribution in [0.3, 0.4) is 0 Å². The summed E-state index contributed by atoms with van der Waals surface area (Å²) in [5, 5.41) is 12.8. The summed E-state index contributed by atoms with van der Waals surface area (Å²) < 4.78 is 16.9. The first kappa shape index (κ1) is 20.3. The van der Waals surface area contributed by atoms with Gasteiger partial charge in [-0.15, -0.1) is 5.10 Å². The van der Waals surface area contributed by atoms with E-state index >= 15 is 0 Å². The van der Waals surface area contributed by atoms with Gasteiger partial charge in [0, 0.05) is 38.3 Å². The van der Waals surface area contributed by atoms with Gasteiger partial charge in [0.1, 0.15) is 11.9 Å². The van der Waals surface area contributed by atoms with Crippen LogP contribution in [0.1, 0.15) is 54.7 Å². The molecule has 0 amide bonds. The van der Waals surface area contributed by atoms with Gasteiger partial charge in [-0.3, -0.25) is 9.80 Å². The van der Waals surface area contributed by atoms with E-state index in [1.807, 2.05) is 16.8 Å². The molecule has 0 bridgehead atoms. The van der Waals surface area contributed by atoms with Gasteiger partial charge in [-0.25, -0.2) is 9.07 Å². The second-order valence-corrected chi connectivity index (χ2v) is 8.64. The van der Waals surface area contributed by atoms with Gasteiger partial charge in [0.15, 0.2) is 5.82 Å². The van der Waals surface area contributed by atoms with Crippen molar-refractivity contribution in [2.45, 2.75) is 44.3 Å². The zero-order chi connectivity index (χ0) is 21.0. The van der Waals surface area contributed by atoms with Crippen molar-refractivity contribution in [2.75, 3.05) is 26.2 Å². The molecule has 7 heteroatoms. The lowest BCUT2D eigenvalue weighted by atomic mass is 10.0. The lowest BCUT2D eigenvalue weighted by Gasteiger charge is -2.39. The Morgan fingerprint density at radius 2 is 1.61 bits per heavy atom. The Labute approximate surface area is 182 Å². The molecule has 5 rings (SSSR count). The van der Waals surface area contributed by atoms with E-state index in [1.54, 1.807) is 6.07 Å². The first-order chi connectivity index (χ1) is 15.3. The van der Waals surface area contributed by atoms with E-state index < -0.39 is 0 Å². The molecule has 6 nitrogen and oxygen atoms in total. The van der Waals surface area contributed by atoms with E-state index in [-0.39, 0.29) is 11.9 Å². The molecule has 1 aliphatic heterocycles. The molecule has 0 N–H and O–H groups in total. The number of rotatable bonds is 6. The normalized spacial score (nSPS) is 19.6. The van der Waals surface area contributed by atoms with Gasteiger partial charge in [-0.2, -0.15) is 0 Å². The number of hydrogen-bond acceptors (Lipinski definition) is 5. The molecule has 1 atom stereocenters. The van der Waals surface area contributed by atoms with E-state index in [2.05, 4.69) is 55.7 Å². The summed E-state index contributed by atoms with van der Waals surface area (Å²) in [5.41, 5.74) is 1.99. The molecule has 1 aliphatic carbocycles. The summed E-state index contributed by atoms with van der Waals surface area (Å²) in [4.78, 5) is 4.81. The maximum atomic E-state index is 14.9. The number of piperazine rings is 1. The molecule has 1 saturated heterocycles. The van der Waals surface area contributed by atoms with Crippen LogP contribution < -0.4 is 0 Å². The minimum absolute atomic E-state index is 0.194. The lowest BCUT2D eigenvalue weighted by Crippen LogP contribution is -2.48. The summed E-state index contributed by atoms with van der Waals surface area (Å²) in [7, 11) is 0. The number of halogens is 1. The molecule has 0 radical (unpaired) electrons. The maximum Gasteiger partial charge on any atom is 0.173 e. The molecule has 2 aliphatic rings. The van der Waals surface area contributed by atoms with E-state index in [0.717, 1.165) is 51.4 Å². The van der Waals surface area contributed by atoms with Crippen molar-refractivity contribution in [1.29, 1.82) is 0 Å². The zero-order valence-corrected chi connectivity index (χ0v) is 17.8. The van der Waals surface area contributed by atoms with Crippen molar-refractivity contribution in [3.8, 4) is 0 Å². The van der Waals surface area contributed by atoms with Crippen LogP contribution in [0.25, 0.3) is 0 Å². The van der Waals surface area contributed by atoms with Crippen LogP contribution in [-0.4, -0.2) is 56.2 Å². The fourth-order valence-corrected chi connectivity index (χ4v) is 5.01.